The van der Waals surface area contributed by atoms with Crippen LogP contribution in [-0.4, -0.2) is 147 Å². The lowest BCUT2D eigenvalue weighted by atomic mass is 9.78. The molecule has 2 saturated heterocycles. The molecule has 0 spiro atoms. The molecule has 4 aliphatic rings. The number of aliphatic hydroxyl groups excluding tert-OH is 1. The molecular weight excluding hydrogens is 899 g/mol. The molecule has 0 aromatic heterocycles. The fourth-order valence-corrected chi connectivity index (χ4v) is 10.7. The van der Waals surface area contributed by atoms with Gasteiger partial charge in [-0.2, -0.15) is 0 Å². The van der Waals surface area contributed by atoms with Crippen LogP contribution in [-0.2, 0) is 57.1 Å². The van der Waals surface area contributed by atoms with Gasteiger partial charge in [-0.15, -0.1) is 0 Å². The van der Waals surface area contributed by atoms with Gasteiger partial charge in [-0.05, 0) is 114 Å². The molecule has 3 fully saturated rings. The number of rotatable bonds is 11. The Bertz CT molecular complexity index is 1840. The summed E-state index contributed by atoms with van der Waals surface area (Å²) in [4.78, 5) is 72.4. The Balaban J connectivity index is 1.68. The number of carbonyl (C=O) groups is 5. The number of hydrogen-bond donors (Lipinski definition) is 2. The summed E-state index contributed by atoms with van der Waals surface area (Å²) in [5.74, 6) is -7.83. The van der Waals surface area contributed by atoms with Gasteiger partial charge in [0.05, 0.1) is 37.6 Å². The number of nitrogens with zero attached hydrogens (tertiary/aromatic N) is 1. The van der Waals surface area contributed by atoms with Crippen molar-refractivity contribution >= 4 is 29.2 Å². The zero-order valence-corrected chi connectivity index (χ0v) is 44.1. The van der Waals surface area contributed by atoms with Gasteiger partial charge in [-0.25, -0.2) is 4.79 Å². The lowest BCUT2D eigenvalue weighted by Gasteiger charge is -2.42. The third-order valence-electron chi connectivity index (χ3n) is 15.2. The number of allylic oxidation sites excluding steroid dienone is 6. The van der Waals surface area contributed by atoms with Gasteiger partial charge in [0, 0.05) is 65.1 Å². The number of piperidine rings is 1. The molecule has 0 aromatic rings. The van der Waals surface area contributed by atoms with Gasteiger partial charge < -0.3 is 48.3 Å². The normalized spacial score (nSPS) is 36.0. The van der Waals surface area contributed by atoms with E-state index in [-0.39, 0.29) is 60.9 Å². The molecule has 0 radical (unpaired) electrons. The van der Waals surface area contributed by atoms with E-state index in [9.17, 15) is 34.2 Å². The number of carbonyl (C=O) groups excluding carboxylic acids is 5. The predicted molar refractivity (Wildman–Crippen MR) is 265 cm³/mol. The number of ketones is 3. The van der Waals surface area contributed by atoms with Gasteiger partial charge >= 0.3 is 5.97 Å². The molecule has 15 nitrogen and oxygen atoms in total. The molecule has 0 aromatic carbocycles. The molecule has 1 aliphatic carbocycles. The number of esters is 1. The van der Waals surface area contributed by atoms with E-state index >= 15 is 0 Å². The van der Waals surface area contributed by atoms with Crippen LogP contribution in [0.3, 0.4) is 0 Å². The maximum atomic E-state index is 14.5. The van der Waals surface area contributed by atoms with Gasteiger partial charge in [0.15, 0.2) is 5.78 Å². The fourth-order valence-electron chi connectivity index (χ4n) is 10.7. The Kier molecular flexibility index (Phi) is 24.3. The first-order chi connectivity index (χ1) is 33.3. The Hall–Kier alpha value is -3.41. The lowest BCUT2D eigenvalue weighted by molar-refractivity contribution is -0.265. The Labute approximate surface area is 418 Å². The molecule has 14 unspecified atom stereocenters. The van der Waals surface area contributed by atoms with Crippen molar-refractivity contribution in [2.75, 3.05) is 47.7 Å². The second-order valence-corrected chi connectivity index (χ2v) is 20.6. The summed E-state index contributed by atoms with van der Waals surface area (Å²) in [5.41, 5.74) is 1.28. The highest BCUT2D eigenvalue weighted by atomic mass is 16.6. The highest BCUT2D eigenvalue weighted by Gasteiger charge is 2.53. The SMILES string of the molecule is CCOCCOC1CCC(CC(C)C2CC(=O)C(C)C=C(C)C(O)C(OC)C(=O)C(C)CC(C)C=CC=CC=C(C)C(OC)CC3CCC(C)[C@@](O)(O3)C(=O)C(=O)N3CCCCC3C(=O)O2)CC1OC. The lowest BCUT2D eigenvalue weighted by Crippen LogP contribution is -2.61. The maximum Gasteiger partial charge on any atom is 0.329 e. The highest BCUT2D eigenvalue weighted by Crippen LogP contribution is 2.38. The van der Waals surface area contributed by atoms with Crippen LogP contribution in [0.5, 0.6) is 0 Å². The standard InChI is InChI=1S/C55H87NO14/c1-12-67-26-27-68-45-24-22-41(31-48(45)65-10)30-37(5)47-33-44(57)36(4)29-39(7)50(59)51(66-11)49(58)38(6)28-34(2)18-14-13-15-19-35(3)46(64-9)32-42-23-21-40(8)55(63,70-42)52(60)53(61)56-25-17-16-20-43(56)54(62)69-47/h13-15,18-19,29,34,36-38,40-43,45-48,50-51,59,63H,12,16-17,20-28,30-33H2,1-11H3/t34?,36?,37?,38?,40?,41?,42?,43?,45?,46?,47?,48?,50?,51?,55-/m1/s1. The van der Waals surface area contributed by atoms with Crippen LogP contribution >= 0.6 is 0 Å². The highest BCUT2D eigenvalue weighted by molar-refractivity contribution is 6.39. The average molecular weight is 986 g/mol. The van der Waals surface area contributed by atoms with Crippen molar-refractivity contribution in [3.8, 4) is 0 Å². The summed E-state index contributed by atoms with van der Waals surface area (Å²) in [5, 5.41) is 23.5. The van der Waals surface area contributed by atoms with Gasteiger partial charge in [-0.1, -0.05) is 71.1 Å². The number of fused-ring (bicyclic) bond motifs is 3. The number of Topliss-reactive ketones (excluding diaryl/α,β-unsaturated/α-hetero) is 3. The molecule has 70 heavy (non-hydrogen) atoms. The van der Waals surface area contributed by atoms with Crippen LogP contribution in [0.1, 0.15) is 132 Å². The van der Waals surface area contributed by atoms with E-state index in [4.69, 9.17) is 33.2 Å². The molecule has 15 atom stereocenters. The van der Waals surface area contributed by atoms with Crippen molar-refractivity contribution in [1.29, 1.82) is 0 Å². The van der Waals surface area contributed by atoms with E-state index in [0.717, 1.165) is 18.4 Å². The summed E-state index contributed by atoms with van der Waals surface area (Å²) < 4.78 is 41.5. The molecule has 4 rings (SSSR count). The zero-order chi connectivity index (χ0) is 51.7. The first-order valence-electron chi connectivity index (χ1n) is 26.0. The van der Waals surface area contributed by atoms with E-state index in [2.05, 4.69) is 0 Å². The van der Waals surface area contributed by atoms with Crippen LogP contribution in [0.15, 0.2) is 47.6 Å². The monoisotopic (exact) mass is 986 g/mol. The first-order valence-corrected chi connectivity index (χ1v) is 26.0. The van der Waals surface area contributed by atoms with Crippen molar-refractivity contribution in [1.82, 2.24) is 4.90 Å². The number of amides is 1. The summed E-state index contributed by atoms with van der Waals surface area (Å²) >= 11 is 0. The number of ether oxygens (including phenoxy) is 7. The molecule has 2 bridgehead atoms. The van der Waals surface area contributed by atoms with Gasteiger partial charge in [0.2, 0.25) is 5.79 Å². The smallest absolute Gasteiger partial charge is 0.329 e. The van der Waals surface area contributed by atoms with Crippen LogP contribution in [0.4, 0.5) is 0 Å². The van der Waals surface area contributed by atoms with E-state index in [1.54, 1.807) is 41.1 Å². The Morgan fingerprint density at radius 2 is 1.59 bits per heavy atom. The quantitative estimate of drug-likeness (QED) is 0.0911. The summed E-state index contributed by atoms with van der Waals surface area (Å²) in [7, 11) is 4.64. The average Bonchev–Trinajstić information content (AvgIpc) is 3.34. The van der Waals surface area contributed by atoms with Crippen LogP contribution in [0, 0.1) is 35.5 Å². The zero-order valence-electron chi connectivity index (χ0n) is 44.1. The number of methoxy groups -OCH3 is 3. The maximum absolute atomic E-state index is 14.5. The van der Waals surface area contributed by atoms with Crippen molar-refractivity contribution in [2.24, 2.45) is 35.5 Å². The Morgan fingerprint density at radius 3 is 2.27 bits per heavy atom. The van der Waals surface area contributed by atoms with Crippen LogP contribution in [0.2, 0.25) is 0 Å². The third kappa shape index (κ3) is 16.3. The Morgan fingerprint density at radius 1 is 0.843 bits per heavy atom. The second kappa shape index (κ2) is 28.7. The van der Waals surface area contributed by atoms with E-state index in [1.165, 1.54) is 12.0 Å². The minimum atomic E-state index is -2.43. The number of cyclic esters (lactones) is 1. The van der Waals surface area contributed by atoms with Crippen molar-refractivity contribution in [2.45, 2.75) is 187 Å². The second-order valence-electron chi connectivity index (χ2n) is 20.6. The van der Waals surface area contributed by atoms with Crippen molar-refractivity contribution in [3.05, 3.63) is 47.6 Å². The van der Waals surface area contributed by atoms with Crippen molar-refractivity contribution < 1.29 is 67.3 Å². The minimum absolute atomic E-state index is 0.0195. The van der Waals surface area contributed by atoms with E-state index < -0.39 is 77.8 Å². The van der Waals surface area contributed by atoms with Crippen LogP contribution in [0.25, 0.3) is 0 Å². The topological polar surface area (TPSA) is 194 Å². The molecule has 15 heteroatoms. The predicted octanol–water partition coefficient (Wildman–Crippen LogP) is 7.24. The molecule has 396 valence electrons. The molecule has 2 N–H and O–H groups in total. The minimum Gasteiger partial charge on any atom is -0.460 e. The van der Waals surface area contributed by atoms with E-state index in [0.29, 0.717) is 76.8 Å². The van der Waals surface area contributed by atoms with Gasteiger partial charge in [0.25, 0.3) is 11.7 Å². The van der Waals surface area contributed by atoms with Crippen LogP contribution < -0.4 is 0 Å². The largest absolute Gasteiger partial charge is 0.460 e. The number of hydrogen-bond acceptors (Lipinski definition) is 14. The molecule has 1 saturated carbocycles. The summed E-state index contributed by atoms with van der Waals surface area (Å²) in [6.07, 6.45) is 12.4. The molecular formula is C55H87NO14. The summed E-state index contributed by atoms with van der Waals surface area (Å²) in [6, 6.07) is -1.14. The third-order valence-corrected chi connectivity index (χ3v) is 15.2. The van der Waals surface area contributed by atoms with E-state index in [1.807, 2.05) is 65.0 Å². The van der Waals surface area contributed by atoms with Gasteiger partial charge in [0.1, 0.15) is 30.1 Å². The van der Waals surface area contributed by atoms with Gasteiger partial charge in [-0.3, -0.25) is 19.2 Å². The molecule has 3 aliphatic heterocycles. The fraction of sp³-hybridized carbons (Fsp3) is 0.764. The summed E-state index contributed by atoms with van der Waals surface area (Å²) in [6.45, 7) is 16.4. The molecule has 1 amide bonds. The first kappa shape index (κ1) is 59.2. The number of aliphatic hydroxyl groups is 2. The van der Waals surface area contributed by atoms with Crippen molar-refractivity contribution in [3.63, 3.8) is 0 Å². The molecule has 3 heterocycles.